The number of nitrogens with zero attached hydrogens (tertiary/aromatic N) is 4. The minimum atomic E-state index is -0.768. The molecule has 110 valence electrons. The summed E-state index contributed by atoms with van der Waals surface area (Å²) < 4.78 is 0. The van der Waals surface area contributed by atoms with Gasteiger partial charge in [0, 0.05) is 12.6 Å². The molecule has 6 nitrogen and oxygen atoms in total. The number of aromatic nitrogens is 3. The lowest BCUT2D eigenvalue weighted by molar-refractivity contribution is -0.137. The summed E-state index contributed by atoms with van der Waals surface area (Å²) in [6, 6.07) is -0.0137. The third kappa shape index (κ3) is 3.23. The number of hydrogen-bond donors (Lipinski definition) is 1. The van der Waals surface area contributed by atoms with Crippen molar-refractivity contribution in [2.24, 2.45) is 0 Å². The van der Waals surface area contributed by atoms with Crippen molar-refractivity contribution >= 4 is 11.9 Å². The lowest BCUT2D eigenvalue weighted by atomic mass is 10.00. The van der Waals surface area contributed by atoms with E-state index in [1.807, 2.05) is 11.8 Å². The normalized spacial score (nSPS) is 19.1. The van der Waals surface area contributed by atoms with Crippen LogP contribution in [-0.2, 0) is 17.6 Å². The molecule has 1 saturated heterocycles. The van der Waals surface area contributed by atoms with Crippen LogP contribution in [0.25, 0.3) is 0 Å². The number of rotatable bonds is 5. The first-order valence-electron chi connectivity index (χ1n) is 7.36. The molecular weight excluding hydrogens is 256 g/mol. The van der Waals surface area contributed by atoms with Crippen LogP contribution in [0.1, 0.15) is 50.9 Å². The standard InChI is InChI=1S/C14H22N4O2/c1-3-11-12(4-2)16-17-14(15-11)18-8-6-5-7-10(18)9-13(19)20/h10H,3-9H2,1-2H3,(H,19,20). The zero-order valence-corrected chi connectivity index (χ0v) is 12.2. The predicted octanol–water partition coefficient (Wildman–Crippen LogP) is 1.83. The number of aliphatic carboxylic acids is 1. The monoisotopic (exact) mass is 278 g/mol. The molecule has 0 aliphatic carbocycles. The lowest BCUT2D eigenvalue weighted by Gasteiger charge is -2.34. The first-order valence-corrected chi connectivity index (χ1v) is 7.36. The molecule has 2 heterocycles. The van der Waals surface area contributed by atoms with Crippen molar-refractivity contribution < 1.29 is 9.90 Å². The zero-order valence-electron chi connectivity index (χ0n) is 12.2. The SMILES string of the molecule is CCc1nnc(N2CCCCC2CC(=O)O)nc1CC. The Morgan fingerprint density at radius 2 is 2.00 bits per heavy atom. The number of hydrogen-bond acceptors (Lipinski definition) is 5. The summed E-state index contributed by atoms with van der Waals surface area (Å²) in [4.78, 5) is 17.6. The maximum atomic E-state index is 11.0. The van der Waals surface area contributed by atoms with Gasteiger partial charge in [-0.25, -0.2) is 4.98 Å². The van der Waals surface area contributed by atoms with Crippen LogP contribution in [0.4, 0.5) is 5.95 Å². The first-order chi connectivity index (χ1) is 9.65. The maximum absolute atomic E-state index is 11.0. The second-order valence-corrected chi connectivity index (χ2v) is 5.15. The largest absolute Gasteiger partial charge is 0.481 e. The minimum absolute atomic E-state index is 0.0137. The van der Waals surface area contributed by atoms with Crippen LogP contribution in [0.3, 0.4) is 0 Å². The van der Waals surface area contributed by atoms with Crippen molar-refractivity contribution in [3.8, 4) is 0 Å². The van der Waals surface area contributed by atoms with Crippen molar-refractivity contribution in [1.82, 2.24) is 15.2 Å². The average molecular weight is 278 g/mol. The fraction of sp³-hybridized carbons (Fsp3) is 0.714. The van der Waals surface area contributed by atoms with Gasteiger partial charge in [-0.3, -0.25) is 4.79 Å². The highest BCUT2D eigenvalue weighted by Gasteiger charge is 2.27. The molecule has 1 aromatic heterocycles. The number of carbonyl (C=O) groups is 1. The molecule has 1 unspecified atom stereocenters. The molecule has 20 heavy (non-hydrogen) atoms. The van der Waals surface area contributed by atoms with E-state index in [1.165, 1.54) is 0 Å². The molecule has 0 amide bonds. The molecule has 0 spiro atoms. The van der Waals surface area contributed by atoms with Gasteiger partial charge >= 0.3 is 5.97 Å². The molecule has 0 bridgehead atoms. The maximum Gasteiger partial charge on any atom is 0.305 e. The number of carboxylic acids is 1. The van der Waals surface area contributed by atoms with Gasteiger partial charge < -0.3 is 10.0 Å². The fourth-order valence-corrected chi connectivity index (χ4v) is 2.73. The summed E-state index contributed by atoms with van der Waals surface area (Å²) >= 11 is 0. The molecule has 6 heteroatoms. The second-order valence-electron chi connectivity index (χ2n) is 5.15. The second kappa shape index (κ2) is 6.63. The van der Waals surface area contributed by atoms with E-state index < -0.39 is 5.97 Å². The van der Waals surface area contributed by atoms with Gasteiger partial charge in [0.25, 0.3) is 0 Å². The lowest BCUT2D eigenvalue weighted by Crippen LogP contribution is -2.42. The summed E-state index contributed by atoms with van der Waals surface area (Å²) in [5.74, 6) is -0.180. The number of carboxylic acid groups (broad SMARTS) is 1. The third-order valence-corrected chi connectivity index (χ3v) is 3.79. The smallest absolute Gasteiger partial charge is 0.305 e. The quantitative estimate of drug-likeness (QED) is 0.885. The Kier molecular flexibility index (Phi) is 4.87. The van der Waals surface area contributed by atoms with Gasteiger partial charge in [-0.2, -0.15) is 5.10 Å². The molecule has 1 N–H and O–H groups in total. The summed E-state index contributed by atoms with van der Waals surface area (Å²) in [6.45, 7) is 4.91. The highest BCUT2D eigenvalue weighted by Crippen LogP contribution is 2.24. The fourth-order valence-electron chi connectivity index (χ4n) is 2.73. The molecule has 1 aromatic rings. The molecule has 1 fully saturated rings. The van der Waals surface area contributed by atoms with Gasteiger partial charge in [0.2, 0.25) is 5.95 Å². The minimum Gasteiger partial charge on any atom is -0.481 e. The molecule has 2 rings (SSSR count). The molecule has 1 atom stereocenters. The Balaban J connectivity index is 2.25. The Hall–Kier alpha value is -1.72. The molecule has 0 radical (unpaired) electrons. The average Bonchev–Trinajstić information content (AvgIpc) is 2.46. The number of anilines is 1. The topological polar surface area (TPSA) is 79.2 Å². The van der Waals surface area contributed by atoms with E-state index in [2.05, 4.69) is 22.1 Å². The van der Waals surface area contributed by atoms with Crippen LogP contribution in [0, 0.1) is 0 Å². The Morgan fingerprint density at radius 3 is 2.65 bits per heavy atom. The van der Waals surface area contributed by atoms with Crippen molar-refractivity contribution in [3.63, 3.8) is 0 Å². The molecular formula is C14H22N4O2. The van der Waals surface area contributed by atoms with Crippen LogP contribution < -0.4 is 4.90 Å². The van der Waals surface area contributed by atoms with Gasteiger partial charge in [-0.05, 0) is 32.1 Å². The highest BCUT2D eigenvalue weighted by atomic mass is 16.4. The van der Waals surface area contributed by atoms with Gasteiger partial charge in [-0.1, -0.05) is 13.8 Å². The van der Waals surface area contributed by atoms with E-state index >= 15 is 0 Å². The van der Waals surface area contributed by atoms with Crippen LogP contribution in [0.15, 0.2) is 0 Å². The highest BCUT2D eigenvalue weighted by molar-refractivity contribution is 5.68. The van der Waals surface area contributed by atoms with Crippen molar-refractivity contribution in [3.05, 3.63) is 11.4 Å². The Bertz CT molecular complexity index is 478. The zero-order chi connectivity index (χ0) is 14.5. The number of piperidine rings is 1. The molecule has 0 saturated carbocycles. The van der Waals surface area contributed by atoms with Gasteiger partial charge in [0.15, 0.2) is 0 Å². The van der Waals surface area contributed by atoms with Crippen LogP contribution >= 0.6 is 0 Å². The molecule has 1 aliphatic heterocycles. The van der Waals surface area contributed by atoms with Crippen molar-refractivity contribution in [2.75, 3.05) is 11.4 Å². The summed E-state index contributed by atoms with van der Waals surface area (Å²) in [5, 5.41) is 17.5. The third-order valence-electron chi connectivity index (χ3n) is 3.79. The molecule has 1 aliphatic rings. The van der Waals surface area contributed by atoms with Gasteiger partial charge in [0.05, 0.1) is 17.8 Å². The van der Waals surface area contributed by atoms with Crippen LogP contribution in [0.2, 0.25) is 0 Å². The van der Waals surface area contributed by atoms with Gasteiger partial charge in [-0.15, -0.1) is 5.10 Å². The van der Waals surface area contributed by atoms with Crippen LogP contribution in [-0.4, -0.2) is 38.8 Å². The summed E-state index contributed by atoms with van der Waals surface area (Å²) in [5.41, 5.74) is 1.90. The van der Waals surface area contributed by atoms with E-state index in [9.17, 15) is 4.79 Å². The molecule has 0 aromatic carbocycles. The van der Waals surface area contributed by atoms with Crippen LogP contribution in [0.5, 0.6) is 0 Å². The van der Waals surface area contributed by atoms with E-state index in [4.69, 9.17) is 5.11 Å². The number of aryl methyl sites for hydroxylation is 2. The van der Waals surface area contributed by atoms with E-state index in [0.29, 0.717) is 5.95 Å². The Labute approximate surface area is 119 Å². The Morgan fingerprint density at radius 1 is 1.25 bits per heavy atom. The summed E-state index contributed by atoms with van der Waals surface area (Å²) in [7, 11) is 0. The van der Waals surface area contributed by atoms with E-state index in [-0.39, 0.29) is 12.5 Å². The van der Waals surface area contributed by atoms with E-state index in [0.717, 1.165) is 50.0 Å². The van der Waals surface area contributed by atoms with Crippen molar-refractivity contribution in [1.29, 1.82) is 0 Å². The predicted molar refractivity (Wildman–Crippen MR) is 75.8 cm³/mol. The first kappa shape index (κ1) is 14.7. The summed E-state index contributed by atoms with van der Waals surface area (Å²) in [6.07, 6.45) is 4.78. The van der Waals surface area contributed by atoms with Crippen molar-refractivity contribution in [2.45, 2.75) is 58.4 Å². The van der Waals surface area contributed by atoms with E-state index in [1.54, 1.807) is 0 Å². The van der Waals surface area contributed by atoms with Gasteiger partial charge in [0.1, 0.15) is 0 Å².